The molecule has 0 aliphatic heterocycles. The zero-order valence-electron chi connectivity index (χ0n) is 22.6. The van der Waals surface area contributed by atoms with Gasteiger partial charge in [-0.3, -0.25) is 4.79 Å². The van der Waals surface area contributed by atoms with E-state index < -0.39 is 0 Å². The number of carbonyl (C=O) groups is 1. The number of anilines is 1. The van der Waals surface area contributed by atoms with E-state index in [-0.39, 0.29) is 12.3 Å². The molecular weight excluding hydrogens is 546 g/mol. The lowest BCUT2D eigenvalue weighted by Crippen LogP contribution is -2.13. The second-order valence-electron chi connectivity index (χ2n) is 8.78. The van der Waals surface area contributed by atoms with Gasteiger partial charge in [0.05, 0.1) is 43.3 Å². The van der Waals surface area contributed by atoms with Crippen molar-refractivity contribution >= 4 is 35.0 Å². The van der Waals surface area contributed by atoms with Crippen molar-refractivity contribution in [3.8, 4) is 45.7 Å². The van der Waals surface area contributed by atoms with E-state index >= 15 is 0 Å². The Balaban J connectivity index is 1.60. The van der Waals surface area contributed by atoms with Crippen LogP contribution in [0.2, 0.25) is 5.02 Å². The summed E-state index contributed by atoms with van der Waals surface area (Å²) >= 11 is 7.60. The molecule has 204 valence electrons. The van der Waals surface area contributed by atoms with Gasteiger partial charge in [-0.05, 0) is 48.9 Å². The molecule has 4 rings (SSSR count). The van der Waals surface area contributed by atoms with E-state index in [0.29, 0.717) is 38.6 Å². The highest BCUT2D eigenvalue weighted by atomic mass is 35.5. The number of pyridine rings is 1. The quantitative estimate of drug-likeness (QED) is 0.198. The molecule has 0 saturated heterocycles. The average Bonchev–Trinajstić information content (AvgIpc) is 2.97. The van der Waals surface area contributed by atoms with Crippen LogP contribution in [0.25, 0.3) is 22.4 Å². The number of aryl methyl sites for hydroxylation is 1. The number of rotatable bonds is 10. The summed E-state index contributed by atoms with van der Waals surface area (Å²) in [5.74, 6) is 1.80. The lowest BCUT2D eigenvalue weighted by molar-refractivity contribution is -0.115. The third kappa shape index (κ3) is 6.68. The summed E-state index contributed by atoms with van der Waals surface area (Å²) in [5.41, 5.74) is 5.36. The first-order valence-corrected chi connectivity index (χ1v) is 13.7. The van der Waals surface area contributed by atoms with Gasteiger partial charge in [0.15, 0.2) is 0 Å². The summed E-state index contributed by atoms with van der Waals surface area (Å²) in [7, 11) is 4.63. The molecule has 9 heteroatoms. The van der Waals surface area contributed by atoms with Gasteiger partial charge in [-0.15, -0.1) is 11.8 Å². The van der Waals surface area contributed by atoms with Gasteiger partial charge in [0.1, 0.15) is 28.3 Å². The van der Waals surface area contributed by atoms with E-state index in [9.17, 15) is 10.1 Å². The Labute approximate surface area is 243 Å². The van der Waals surface area contributed by atoms with E-state index in [0.717, 1.165) is 33.7 Å². The number of ether oxygens (including phenoxy) is 3. The maximum absolute atomic E-state index is 12.8. The van der Waals surface area contributed by atoms with Gasteiger partial charge in [-0.25, -0.2) is 4.98 Å². The Hall–Kier alpha value is -4.19. The zero-order chi connectivity index (χ0) is 28.6. The van der Waals surface area contributed by atoms with Crippen molar-refractivity contribution < 1.29 is 19.0 Å². The van der Waals surface area contributed by atoms with Crippen LogP contribution in [0.4, 0.5) is 5.69 Å². The van der Waals surface area contributed by atoms with Crippen molar-refractivity contribution in [1.82, 2.24) is 4.98 Å². The molecule has 1 N–H and O–H groups in total. The lowest BCUT2D eigenvalue weighted by atomic mass is 9.98. The second-order valence-corrected chi connectivity index (χ2v) is 10.3. The number of nitriles is 1. The summed E-state index contributed by atoms with van der Waals surface area (Å²) in [4.78, 5) is 17.6. The molecular formula is C31H28ClN3O4S. The number of nitrogens with zero attached hydrogens (tertiary/aromatic N) is 2. The maximum Gasteiger partial charge on any atom is 0.225 e. The van der Waals surface area contributed by atoms with Crippen molar-refractivity contribution in [2.24, 2.45) is 0 Å². The average molecular weight is 574 g/mol. The molecule has 0 atom stereocenters. The first-order chi connectivity index (χ1) is 19.4. The highest BCUT2D eigenvalue weighted by molar-refractivity contribution is 7.99. The van der Waals surface area contributed by atoms with Crippen molar-refractivity contribution in [3.05, 3.63) is 82.9 Å². The predicted molar refractivity (Wildman–Crippen MR) is 160 cm³/mol. The Bertz CT molecular complexity index is 1550. The number of halogens is 1. The molecule has 0 saturated carbocycles. The number of hydrogen-bond acceptors (Lipinski definition) is 7. The van der Waals surface area contributed by atoms with Crippen LogP contribution in [-0.2, 0) is 4.79 Å². The standard InChI is InChI=1S/C31H28ClN3O4S/c1-19-5-7-20(8-6-19)23-15-26(21-9-11-22(37-2)12-10-21)35-31(24(23)18-33)40-14-13-30(36)34-27-16-25(32)28(38-3)17-29(27)39-4/h5-12,15-17H,13-14H2,1-4H3,(H,34,36). The van der Waals surface area contributed by atoms with Crippen molar-refractivity contribution in [2.75, 3.05) is 32.4 Å². The summed E-state index contributed by atoms with van der Waals surface area (Å²) in [6, 6.07) is 23.1. The predicted octanol–water partition coefficient (Wildman–Crippen LogP) is 7.40. The fourth-order valence-electron chi connectivity index (χ4n) is 4.02. The van der Waals surface area contributed by atoms with Crippen LogP contribution in [0.3, 0.4) is 0 Å². The van der Waals surface area contributed by atoms with Crippen molar-refractivity contribution in [1.29, 1.82) is 5.26 Å². The van der Waals surface area contributed by atoms with E-state index in [2.05, 4.69) is 11.4 Å². The number of carbonyl (C=O) groups excluding carboxylic acids is 1. The lowest BCUT2D eigenvalue weighted by Gasteiger charge is -2.14. The van der Waals surface area contributed by atoms with Crippen LogP contribution in [-0.4, -0.2) is 38.0 Å². The minimum absolute atomic E-state index is 0.177. The van der Waals surface area contributed by atoms with E-state index in [4.69, 9.17) is 30.8 Å². The van der Waals surface area contributed by atoms with Crippen LogP contribution in [0.1, 0.15) is 17.5 Å². The zero-order valence-corrected chi connectivity index (χ0v) is 24.2. The number of aromatic nitrogens is 1. The fraction of sp³-hybridized carbons (Fsp3) is 0.194. The number of benzene rings is 3. The molecule has 0 aliphatic rings. The Morgan fingerprint density at radius 1 is 0.950 bits per heavy atom. The molecule has 0 aliphatic carbocycles. The van der Waals surface area contributed by atoms with Crippen LogP contribution in [0, 0.1) is 18.3 Å². The van der Waals surface area contributed by atoms with E-state index in [1.807, 2.05) is 61.5 Å². The number of nitrogens with one attached hydrogen (secondary N) is 1. The minimum atomic E-state index is -0.226. The van der Waals surface area contributed by atoms with Gasteiger partial charge in [0.2, 0.25) is 5.91 Å². The molecule has 1 heterocycles. The van der Waals surface area contributed by atoms with Crippen LogP contribution in [0.5, 0.6) is 17.2 Å². The third-order valence-corrected chi connectivity index (χ3v) is 7.43. The molecule has 0 fully saturated rings. The van der Waals surface area contributed by atoms with Gasteiger partial charge >= 0.3 is 0 Å². The number of thioether (sulfide) groups is 1. The molecule has 0 spiro atoms. The van der Waals surface area contributed by atoms with Gasteiger partial charge < -0.3 is 19.5 Å². The molecule has 1 amide bonds. The Morgan fingerprint density at radius 3 is 2.25 bits per heavy atom. The second kappa shape index (κ2) is 13.2. The highest BCUT2D eigenvalue weighted by Gasteiger charge is 2.17. The maximum atomic E-state index is 12.8. The Kier molecular flexibility index (Phi) is 9.54. The first-order valence-electron chi connectivity index (χ1n) is 12.4. The third-order valence-electron chi connectivity index (χ3n) is 6.16. The summed E-state index contributed by atoms with van der Waals surface area (Å²) in [6.07, 6.45) is 0.177. The van der Waals surface area contributed by atoms with Gasteiger partial charge in [0, 0.05) is 29.4 Å². The van der Waals surface area contributed by atoms with Gasteiger partial charge in [-0.2, -0.15) is 5.26 Å². The summed E-state index contributed by atoms with van der Waals surface area (Å²) < 4.78 is 15.9. The normalized spacial score (nSPS) is 10.5. The minimum Gasteiger partial charge on any atom is -0.497 e. The molecule has 0 unspecified atom stereocenters. The largest absolute Gasteiger partial charge is 0.497 e. The monoisotopic (exact) mass is 573 g/mol. The highest BCUT2D eigenvalue weighted by Crippen LogP contribution is 2.37. The number of hydrogen-bond donors (Lipinski definition) is 1. The van der Waals surface area contributed by atoms with Gasteiger partial charge in [0.25, 0.3) is 0 Å². The fourth-order valence-corrected chi connectivity index (χ4v) is 5.20. The Morgan fingerprint density at radius 2 is 1.62 bits per heavy atom. The molecule has 4 aromatic rings. The molecule has 0 bridgehead atoms. The number of methoxy groups -OCH3 is 3. The molecule has 1 aromatic heterocycles. The molecule has 3 aromatic carbocycles. The van der Waals surface area contributed by atoms with Crippen molar-refractivity contribution in [3.63, 3.8) is 0 Å². The van der Waals surface area contributed by atoms with Crippen LogP contribution < -0.4 is 19.5 Å². The smallest absolute Gasteiger partial charge is 0.225 e. The van der Waals surface area contributed by atoms with Crippen LogP contribution >= 0.6 is 23.4 Å². The molecule has 0 radical (unpaired) electrons. The van der Waals surface area contributed by atoms with E-state index in [1.165, 1.54) is 26.0 Å². The van der Waals surface area contributed by atoms with E-state index in [1.54, 1.807) is 19.2 Å². The topological polar surface area (TPSA) is 93.5 Å². The number of amides is 1. The van der Waals surface area contributed by atoms with Gasteiger partial charge in [-0.1, -0.05) is 41.4 Å². The summed E-state index contributed by atoms with van der Waals surface area (Å²) in [6.45, 7) is 2.02. The first kappa shape index (κ1) is 28.8. The van der Waals surface area contributed by atoms with Crippen LogP contribution in [0.15, 0.2) is 71.8 Å². The molecule has 7 nitrogen and oxygen atoms in total. The SMILES string of the molecule is COc1ccc(-c2cc(-c3ccc(C)cc3)c(C#N)c(SCCC(=O)Nc3cc(Cl)c(OC)cc3OC)n2)cc1. The summed E-state index contributed by atoms with van der Waals surface area (Å²) in [5, 5.41) is 13.9. The molecule has 40 heavy (non-hydrogen) atoms. The van der Waals surface area contributed by atoms with Crippen molar-refractivity contribution in [2.45, 2.75) is 18.4 Å².